The maximum absolute atomic E-state index is 11.3. The predicted molar refractivity (Wildman–Crippen MR) is 71.9 cm³/mol. The second-order valence-corrected chi connectivity index (χ2v) is 4.46. The van der Waals surface area contributed by atoms with Crippen molar-refractivity contribution in [3.63, 3.8) is 0 Å². The number of hydrogen-bond acceptors (Lipinski definition) is 5. The van der Waals surface area contributed by atoms with Crippen molar-refractivity contribution in [3.8, 4) is 5.75 Å². The number of carbonyl (C=O) groups is 1. The summed E-state index contributed by atoms with van der Waals surface area (Å²) in [5.74, 6) is 0.0743. The van der Waals surface area contributed by atoms with Gasteiger partial charge in [-0.3, -0.25) is 8.91 Å². The van der Waals surface area contributed by atoms with Crippen molar-refractivity contribution in [2.24, 2.45) is 0 Å². The number of methoxy groups -OCH3 is 1. The Hall–Kier alpha value is -1.60. The van der Waals surface area contributed by atoms with E-state index in [1.54, 1.807) is 38.1 Å². The van der Waals surface area contributed by atoms with Gasteiger partial charge in [-0.1, -0.05) is 0 Å². The first-order chi connectivity index (χ1) is 9.06. The van der Waals surface area contributed by atoms with Crippen LogP contribution in [0.1, 0.15) is 13.8 Å². The van der Waals surface area contributed by atoms with Crippen LogP contribution in [0.2, 0.25) is 0 Å². The van der Waals surface area contributed by atoms with E-state index in [-0.39, 0.29) is 0 Å². The SMILES string of the molecule is CCOS(=O)Nc1ccc(OC(C)C(=O)OC)cc1. The van der Waals surface area contributed by atoms with Crippen molar-refractivity contribution >= 4 is 22.9 Å². The molecule has 0 aliphatic heterocycles. The van der Waals surface area contributed by atoms with Crippen LogP contribution in [0.3, 0.4) is 0 Å². The highest BCUT2D eigenvalue weighted by atomic mass is 32.2. The van der Waals surface area contributed by atoms with Crippen molar-refractivity contribution in [2.45, 2.75) is 20.0 Å². The topological polar surface area (TPSA) is 73.9 Å². The maximum atomic E-state index is 11.3. The van der Waals surface area contributed by atoms with E-state index in [9.17, 15) is 9.00 Å². The molecule has 0 spiro atoms. The molecule has 0 saturated heterocycles. The molecule has 1 N–H and O–H groups in total. The van der Waals surface area contributed by atoms with Gasteiger partial charge in [0.15, 0.2) is 6.10 Å². The van der Waals surface area contributed by atoms with Crippen LogP contribution >= 0.6 is 0 Å². The fourth-order valence-electron chi connectivity index (χ4n) is 1.25. The second kappa shape index (κ2) is 7.75. The minimum Gasteiger partial charge on any atom is -0.479 e. The summed E-state index contributed by atoms with van der Waals surface area (Å²) in [5, 5.41) is 0. The van der Waals surface area contributed by atoms with Gasteiger partial charge in [0.05, 0.1) is 13.7 Å². The zero-order valence-electron chi connectivity index (χ0n) is 11.0. The molecular formula is C12H17NO5S. The lowest BCUT2D eigenvalue weighted by atomic mass is 10.3. The quantitative estimate of drug-likeness (QED) is 0.772. The summed E-state index contributed by atoms with van der Waals surface area (Å²) in [4.78, 5) is 11.2. The Kier molecular flexibility index (Phi) is 6.31. The van der Waals surface area contributed by atoms with Crippen LogP contribution in [0.4, 0.5) is 5.69 Å². The van der Waals surface area contributed by atoms with Gasteiger partial charge >= 0.3 is 5.97 Å². The summed E-state index contributed by atoms with van der Waals surface area (Å²) in [5.41, 5.74) is 0.629. The Balaban J connectivity index is 2.56. The molecule has 2 unspecified atom stereocenters. The van der Waals surface area contributed by atoms with Crippen molar-refractivity contribution in [1.29, 1.82) is 0 Å². The molecule has 0 aromatic heterocycles. The largest absolute Gasteiger partial charge is 0.479 e. The maximum Gasteiger partial charge on any atom is 0.346 e. The molecule has 2 atom stereocenters. The third-order valence-corrected chi connectivity index (χ3v) is 2.98. The number of anilines is 1. The van der Waals surface area contributed by atoms with Gasteiger partial charge in [-0.05, 0) is 38.1 Å². The lowest BCUT2D eigenvalue weighted by molar-refractivity contribution is -0.147. The van der Waals surface area contributed by atoms with Gasteiger partial charge in [-0.25, -0.2) is 9.00 Å². The fraction of sp³-hybridized carbons (Fsp3) is 0.417. The van der Waals surface area contributed by atoms with E-state index in [4.69, 9.17) is 8.92 Å². The normalized spacial score (nSPS) is 13.4. The van der Waals surface area contributed by atoms with E-state index in [1.807, 2.05) is 0 Å². The Bertz CT molecular complexity index is 434. The molecule has 1 rings (SSSR count). The third-order valence-electron chi connectivity index (χ3n) is 2.13. The fourth-order valence-corrected chi connectivity index (χ4v) is 1.85. The Morgan fingerprint density at radius 2 is 2.00 bits per heavy atom. The number of hydrogen-bond donors (Lipinski definition) is 1. The first-order valence-corrected chi connectivity index (χ1v) is 6.80. The molecule has 0 aliphatic carbocycles. The number of ether oxygens (including phenoxy) is 2. The molecular weight excluding hydrogens is 270 g/mol. The summed E-state index contributed by atoms with van der Waals surface area (Å²) in [7, 11) is 1.30. The molecule has 1 aromatic rings. The number of esters is 1. The van der Waals surface area contributed by atoms with Crippen molar-refractivity contribution in [2.75, 3.05) is 18.4 Å². The average Bonchev–Trinajstić information content (AvgIpc) is 2.40. The zero-order chi connectivity index (χ0) is 14.3. The van der Waals surface area contributed by atoms with Crippen LogP contribution in [0.5, 0.6) is 5.75 Å². The van der Waals surface area contributed by atoms with E-state index < -0.39 is 23.3 Å². The van der Waals surface area contributed by atoms with Crippen molar-refractivity contribution in [1.82, 2.24) is 0 Å². The number of carbonyl (C=O) groups excluding carboxylic acids is 1. The summed E-state index contributed by atoms with van der Waals surface area (Å²) in [6.07, 6.45) is -0.679. The third kappa shape index (κ3) is 5.27. The minimum atomic E-state index is -1.56. The number of nitrogens with one attached hydrogen (secondary N) is 1. The lowest BCUT2D eigenvalue weighted by Gasteiger charge is -2.12. The van der Waals surface area contributed by atoms with Crippen molar-refractivity contribution < 1.29 is 22.7 Å². The van der Waals surface area contributed by atoms with E-state index >= 15 is 0 Å². The summed E-state index contributed by atoms with van der Waals surface area (Å²) in [6, 6.07) is 6.67. The van der Waals surface area contributed by atoms with E-state index in [0.29, 0.717) is 18.0 Å². The lowest BCUT2D eigenvalue weighted by Crippen LogP contribution is -2.24. The van der Waals surface area contributed by atoms with Crippen LogP contribution in [0.25, 0.3) is 0 Å². The molecule has 0 heterocycles. The molecule has 106 valence electrons. The number of benzene rings is 1. The van der Waals surface area contributed by atoms with E-state index in [0.717, 1.165) is 0 Å². The monoisotopic (exact) mass is 287 g/mol. The highest BCUT2D eigenvalue weighted by Crippen LogP contribution is 2.17. The Labute approximate surface area is 114 Å². The average molecular weight is 287 g/mol. The summed E-state index contributed by atoms with van der Waals surface area (Å²) in [6.45, 7) is 3.71. The van der Waals surface area contributed by atoms with Gasteiger partial charge in [-0.15, -0.1) is 0 Å². The highest BCUT2D eigenvalue weighted by Gasteiger charge is 2.14. The Morgan fingerprint density at radius 1 is 1.37 bits per heavy atom. The van der Waals surface area contributed by atoms with Crippen molar-refractivity contribution in [3.05, 3.63) is 24.3 Å². The van der Waals surface area contributed by atoms with Gasteiger partial charge in [-0.2, -0.15) is 0 Å². The molecule has 0 amide bonds. The van der Waals surface area contributed by atoms with Gasteiger partial charge in [0.2, 0.25) is 0 Å². The first-order valence-electron chi connectivity index (χ1n) is 5.73. The smallest absolute Gasteiger partial charge is 0.346 e. The molecule has 6 nitrogen and oxygen atoms in total. The standard InChI is InChI=1S/C12H17NO5S/c1-4-17-19(15)13-10-5-7-11(8-6-10)18-9(2)12(14)16-3/h5-9,13H,4H2,1-3H3. The first kappa shape index (κ1) is 15.5. The van der Waals surface area contributed by atoms with Crippen LogP contribution in [-0.2, 0) is 25.0 Å². The molecule has 0 bridgehead atoms. The molecule has 0 radical (unpaired) electrons. The van der Waals surface area contributed by atoms with Gasteiger partial charge < -0.3 is 9.47 Å². The van der Waals surface area contributed by atoms with Gasteiger partial charge in [0.25, 0.3) is 11.3 Å². The van der Waals surface area contributed by atoms with E-state index in [2.05, 4.69) is 9.46 Å². The van der Waals surface area contributed by atoms with Crippen LogP contribution in [0.15, 0.2) is 24.3 Å². The minimum absolute atomic E-state index is 0.359. The highest BCUT2D eigenvalue weighted by molar-refractivity contribution is 7.81. The summed E-state index contributed by atoms with van der Waals surface area (Å²) >= 11 is -1.56. The molecule has 0 saturated carbocycles. The Morgan fingerprint density at radius 3 is 2.53 bits per heavy atom. The molecule has 1 aromatic carbocycles. The van der Waals surface area contributed by atoms with Gasteiger partial charge in [0, 0.05) is 5.69 Å². The molecule has 7 heteroatoms. The van der Waals surface area contributed by atoms with Crippen LogP contribution < -0.4 is 9.46 Å². The van der Waals surface area contributed by atoms with Crippen LogP contribution in [-0.4, -0.2) is 30.0 Å². The molecule has 0 fully saturated rings. The van der Waals surface area contributed by atoms with E-state index in [1.165, 1.54) is 7.11 Å². The van der Waals surface area contributed by atoms with Gasteiger partial charge in [0.1, 0.15) is 5.75 Å². The second-order valence-electron chi connectivity index (χ2n) is 3.55. The zero-order valence-corrected chi connectivity index (χ0v) is 11.9. The van der Waals surface area contributed by atoms with Crippen LogP contribution in [0, 0.1) is 0 Å². The summed E-state index contributed by atoms with van der Waals surface area (Å²) < 4.78 is 28.7. The molecule has 0 aliphatic rings. The molecule has 19 heavy (non-hydrogen) atoms. The predicted octanol–water partition coefficient (Wildman–Crippen LogP) is 1.65. The number of rotatable bonds is 7.